The molecule has 0 amide bonds. The van der Waals surface area contributed by atoms with Crippen molar-refractivity contribution in [2.45, 2.75) is 74.8 Å². The summed E-state index contributed by atoms with van der Waals surface area (Å²) in [6.45, 7) is 0. The van der Waals surface area contributed by atoms with Gasteiger partial charge in [0.05, 0.1) is 46.5 Å². The van der Waals surface area contributed by atoms with Crippen molar-refractivity contribution in [2.24, 2.45) is 0 Å². The summed E-state index contributed by atoms with van der Waals surface area (Å²) in [7, 11) is 3.16. The second-order valence-corrected chi connectivity index (χ2v) is 13.8. The van der Waals surface area contributed by atoms with Crippen LogP contribution in [-0.4, -0.2) is 42.2 Å². The van der Waals surface area contributed by atoms with Gasteiger partial charge in [-0.2, -0.15) is 0 Å². The monoisotopic (exact) mass is 728 g/mol. The number of methoxy groups -OCH3 is 2. The average molecular weight is 731 g/mol. The highest BCUT2D eigenvalue weighted by atomic mass is 35.5. The number of halogens is 4. The highest BCUT2D eigenvalue weighted by molar-refractivity contribution is 6.38. The lowest BCUT2D eigenvalue weighted by molar-refractivity contribution is -0.175. The Balaban J connectivity index is 1.76. The van der Waals surface area contributed by atoms with Gasteiger partial charge in [0.15, 0.2) is 11.2 Å². The maximum atomic E-state index is 16.6. The van der Waals surface area contributed by atoms with E-state index < -0.39 is 17.0 Å². The first-order valence-electron chi connectivity index (χ1n) is 16.0. The Morgan fingerprint density at radius 1 is 0.583 bits per heavy atom. The van der Waals surface area contributed by atoms with E-state index in [2.05, 4.69) is 9.97 Å². The quantitative estimate of drug-likeness (QED) is 0.144. The van der Waals surface area contributed by atoms with Gasteiger partial charge in [0, 0.05) is 35.9 Å². The van der Waals surface area contributed by atoms with Crippen molar-refractivity contribution in [3.8, 4) is 11.5 Å². The molecule has 0 aliphatic heterocycles. The summed E-state index contributed by atoms with van der Waals surface area (Å²) < 4.78 is 25.4. The molecule has 0 N–H and O–H groups in total. The number of Topliss-reactive ketones (excluding diaryl/α,β-unsaturated/α-hetero) is 1. The van der Waals surface area contributed by atoms with Gasteiger partial charge in [0.25, 0.3) is 0 Å². The lowest BCUT2D eigenvalue weighted by Crippen LogP contribution is -2.55. The topological polar surface area (TPSA) is 79.8 Å². The van der Waals surface area contributed by atoms with E-state index in [9.17, 15) is 0 Å². The first-order valence-corrected chi connectivity index (χ1v) is 17.5. The number of aromatic nitrogens is 2. The molecule has 0 bridgehead atoms. The highest BCUT2D eigenvalue weighted by Crippen LogP contribution is 2.54. The summed E-state index contributed by atoms with van der Waals surface area (Å²) >= 11 is 28.2. The van der Waals surface area contributed by atoms with Gasteiger partial charge >= 0.3 is 0 Å². The second kappa shape index (κ2) is 14.9. The van der Waals surface area contributed by atoms with Gasteiger partial charge < -0.3 is 18.9 Å². The zero-order chi connectivity index (χ0) is 33.9. The van der Waals surface area contributed by atoms with Crippen molar-refractivity contribution in [2.75, 3.05) is 14.2 Å². The summed E-state index contributed by atoms with van der Waals surface area (Å²) in [6, 6.07) is 14.3. The molecule has 2 unspecified atom stereocenters. The number of ether oxygens (including phenoxy) is 4. The van der Waals surface area contributed by atoms with Gasteiger partial charge in [-0.1, -0.05) is 96.4 Å². The van der Waals surface area contributed by atoms with Gasteiger partial charge in [-0.25, -0.2) is 0 Å². The molecule has 48 heavy (non-hydrogen) atoms. The lowest BCUT2D eigenvalue weighted by atomic mass is 9.70. The third-order valence-corrected chi connectivity index (χ3v) is 10.5. The number of benzene rings is 2. The largest absolute Gasteiger partial charge is 0.497 e. The standard InChI is InChI=1S/C37H36Cl4N2O5/c1-45-25-15-11-23(12-16-25)36(47-27-7-3-4-8-27,33-29(38)19-42-20-30(33)39)35(44)37(48-28-9-5-6-10-28,24-13-17-26(46-2)18-14-24)34-31(40)21-43-22-32(34)41/h11-22,27-28H,3-10H2,1-2H3. The summed E-state index contributed by atoms with van der Waals surface area (Å²) in [4.78, 5) is 25.1. The fourth-order valence-corrected chi connectivity index (χ4v) is 8.31. The molecule has 2 aromatic heterocycles. The number of pyridine rings is 2. The number of carbonyl (C=O) groups is 1. The van der Waals surface area contributed by atoms with E-state index in [1.54, 1.807) is 62.8 Å². The molecule has 2 aliphatic carbocycles. The van der Waals surface area contributed by atoms with Gasteiger partial charge in [-0.15, -0.1) is 0 Å². The molecule has 7 nitrogen and oxygen atoms in total. The minimum atomic E-state index is -1.94. The van der Waals surface area contributed by atoms with E-state index in [-0.39, 0.29) is 43.4 Å². The maximum absolute atomic E-state index is 16.6. The lowest BCUT2D eigenvalue weighted by Gasteiger charge is -2.45. The maximum Gasteiger partial charge on any atom is 0.214 e. The molecule has 6 rings (SSSR count). The summed E-state index contributed by atoms with van der Waals surface area (Å²) in [5.41, 5.74) is -2.43. The predicted molar refractivity (Wildman–Crippen MR) is 188 cm³/mol. The molecule has 2 aliphatic rings. The van der Waals surface area contributed by atoms with Crippen molar-refractivity contribution < 1.29 is 23.7 Å². The van der Waals surface area contributed by atoms with Crippen LogP contribution >= 0.6 is 46.4 Å². The molecule has 2 aromatic carbocycles. The van der Waals surface area contributed by atoms with Crippen molar-refractivity contribution in [1.82, 2.24) is 9.97 Å². The van der Waals surface area contributed by atoms with Crippen LogP contribution in [0, 0.1) is 0 Å². The molecule has 0 saturated heterocycles. The SMILES string of the molecule is COc1ccc(C(OC2CCCC2)(C(=O)C(OC2CCCC2)(c2ccc(OC)cc2)c2c(Cl)cncc2Cl)c2c(Cl)cncc2Cl)cc1. The van der Waals surface area contributed by atoms with Gasteiger partial charge in [-0.3, -0.25) is 14.8 Å². The van der Waals surface area contributed by atoms with Crippen LogP contribution in [0.2, 0.25) is 20.1 Å². The molecule has 2 fully saturated rings. The van der Waals surface area contributed by atoms with Gasteiger partial charge in [-0.05, 0) is 61.1 Å². The first-order chi connectivity index (χ1) is 23.2. The molecule has 2 heterocycles. The number of rotatable bonds is 12. The molecular weight excluding hydrogens is 694 g/mol. The van der Waals surface area contributed by atoms with Crippen LogP contribution in [0.4, 0.5) is 0 Å². The Labute approximate surface area is 300 Å². The van der Waals surface area contributed by atoms with E-state index in [0.29, 0.717) is 22.6 Å². The Bertz CT molecular complexity index is 1580. The third-order valence-electron chi connectivity index (χ3n) is 9.33. The fraction of sp³-hybridized carbons (Fsp3) is 0.378. The second-order valence-electron chi connectivity index (χ2n) is 12.2. The van der Waals surface area contributed by atoms with Crippen LogP contribution in [-0.2, 0) is 25.5 Å². The first kappa shape index (κ1) is 34.9. The van der Waals surface area contributed by atoms with Crippen molar-refractivity contribution in [1.29, 1.82) is 0 Å². The Morgan fingerprint density at radius 3 is 1.19 bits per heavy atom. The van der Waals surface area contributed by atoms with Crippen LogP contribution in [0.15, 0.2) is 73.3 Å². The molecule has 2 saturated carbocycles. The molecular formula is C37H36Cl4N2O5. The molecule has 0 spiro atoms. The number of hydrogen-bond acceptors (Lipinski definition) is 7. The normalized spacial score (nSPS) is 18.0. The van der Waals surface area contributed by atoms with Crippen LogP contribution < -0.4 is 9.47 Å². The van der Waals surface area contributed by atoms with Crippen LogP contribution in [0.3, 0.4) is 0 Å². The molecule has 252 valence electrons. The minimum absolute atomic E-state index is 0.154. The number of carbonyl (C=O) groups excluding carboxylic acids is 1. The van der Waals surface area contributed by atoms with Crippen LogP contribution in [0.25, 0.3) is 0 Å². The van der Waals surface area contributed by atoms with Gasteiger partial charge in [0.2, 0.25) is 5.78 Å². The van der Waals surface area contributed by atoms with Crippen LogP contribution in [0.1, 0.15) is 73.6 Å². The van der Waals surface area contributed by atoms with E-state index >= 15 is 4.79 Å². The molecule has 2 atom stereocenters. The number of hydrogen-bond donors (Lipinski definition) is 0. The van der Waals surface area contributed by atoms with E-state index in [0.717, 1.165) is 51.4 Å². The highest BCUT2D eigenvalue weighted by Gasteiger charge is 2.60. The summed E-state index contributed by atoms with van der Waals surface area (Å²) in [5, 5.41) is 0.615. The van der Waals surface area contributed by atoms with E-state index in [1.165, 1.54) is 24.8 Å². The predicted octanol–water partition coefficient (Wildman–Crippen LogP) is 9.78. The summed E-state index contributed by atoms with van der Waals surface area (Å²) in [5.74, 6) is 0.669. The zero-order valence-electron chi connectivity index (χ0n) is 26.7. The van der Waals surface area contributed by atoms with Crippen molar-refractivity contribution >= 4 is 52.2 Å². The summed E-state index contributed by atoms with van der Waals surface area (Å²) in [6.07, 6.45) is 12.0. The zero-order valence-corrected chi connectivity index (χ0v) is 29.7. The average Bonchev–Trinajstić information content (AvgIpc) is 3.81. The minimum Gasteiger partial charge on any atom is -0.497 e. The van der Waals surface area contributed by atoms with E-state index in [4.69, 9.17) is 65.4 Å². The molecule has 0 radical (unpaired) electrons. The van der Waals surface area contributed by atoms with E-state index in [1.807, 2.05) is 0 Å². The smallest absolute Gasteiger partial charge is 0.214 e. The Hall–Kier alpha value is -2.91. The Kier molecular flexibility index (Phi) is 10.9. The third kappa shape index (κ3) is 6.41. The van der Waals surface area contributed by atoms with Crippen molar-refractivity contribution in [3.05, 3.63) is 116 Å². The van der Waals surface area contributed by atoms with Gasteiger partial charge in [0.1, 0.15) is 11.5 Å². The molecule has 4 aromatic rings. The van der Waals surface area contributed by atoms with Crippen molar-refractivity contribution in [3.63, 3.8) is 0 Å². The number of ketones is 1. The Morgan fingerprint density at radius 2 is 0.896 bits per heavy atom. The fourth-order valence-electron chi connectivity index (χ4n) is 7.05. The molecule has 11 heteroatoms. The number of nitrogens with zero attached hydrogens (tertiary/aromatic N) is 2. The van der Waals surface area contributed by atoms with Crippen LogP contribution in [0.5, 0.6) is 11.5 Å².